The molecule has 0 aliphatic rings. The van der Waals surface area contributed by atoms with Crippen molar-refractivity contribution in [1.82, 2.24) is 10.3 Å². The van der Waals surface area contributed by atoms with E-state index >= 15 is 0 Å². The SMILES string of the molecule is N#Cc1cncc(CNC(=O)OCc2ccccc2)c1. The Morgan fingerprint density at radius 3 is 2.80 bits per heavy atom. The predicted octanol–water partition coefficient (Wildman–Crippen LogP) is 2.38. The maximum Gasteiger partial charge on any atom is 0.407 e. The van der Waals surface area contributed by atoms with Gasteiger partial charge in [0.15, 0.2) is 0 Å². The van der Waals surface area contributed by atoms with Crippen LogP contribution in [-0.2, 0) is 17.9 Å². The van der Waals surface area contributed by atoms with Crippen LogP contribution in [0.15, 0.2) is 48.8 Å². The van der Waals surface area contributed by atoms with Gasteiger partial charge in [-0.2, -0.15) is 5.26 Å². The summed E-state index contributed by atoms with van der Waals surface area (Å²) in [6, 6.07) is 13.1. The molecular formula is C15H13N3O2. The third-order valence-corrected chi connectivity index (χ3v) is 2.57. The number of nitrogens with one attached hydrogen (secondary N) is 1. The number of alkyl carbamates (subject to hydrolysis) is 1. The zero-order valence-electron chi connectivity index (χ0n) is 10.7. The molecule has 0 spiro atoms. The lowest BCUT2D eigenvalue weighted by molar-refractivity contribution is 0.139. The number of ether oxygens (including phenoxy) is 1. The normalized spacial score (nSPS) is 9.55. The van der Waals surface area contributed by atoms with E-state index in [0.717, 1.165) is 11.1 Å². The Hall–Kier alpha value is -2.87. The summed E-state index contributed by atoms with van der Waals surface area (Å²) >= 11 is 0. The van der Waals surface area contributed by atoms with Crippen LogP contribution in [0.3, 0.4) is 0 Å². The van der Waals surface area contributed by atoms with E-state index in [2.05, 4.69) is 10.3 Å². The molecular weight excluding hydrogens is 254 g/mol. The number of hydrogen-bond donors (Lipinski definition) is 1. The van der Waals surface area contributed by atoms with E-state index in [1.54, 1.807) is 12.3 Å². The van der Waals surface area contributed by atoms with Crippen LogP contribution >= 0.6 is 0 Å². The predicted molar refractivity (Wildman–Crippen MR) is 72.4 cm³/mol. The lowest BCUT2D eigenvalue weighted by atomic mass is 10.2. The number of pyridine rings is 1. The van der Waals surface area contributed by atoms with Crippen molar-refractivity contribution in [2.24, 2.45) is 0 Å². The third kappa shape index (κ3) is 4.10. The van der Waals surface area contributed by atoms with Crippen LogP contribution in [-0.4, -0.2) is 11.1 Å². The Kier molecular flexibility index (Phi) is 4.68. The number of benzene rings is 1. The molecule has 1 amide bonds. The van der Waals surface area contributed by atoms with Crippen molar-refractivity contribution in [1.29, 1.82) is 5.26 Å². The first-order valence-corrected chi connectivity index (χ1v) is 6.06. The third-order valence-electron chi connectivity index (χ3n) is 2.57. The first-order chi connectivity index (χ1) is 9.78. The molecule has 0 aliphatic heterocycles. The van der Waals surface area contributed by atoms with Gasteiger partial charge in [-0.1, -0.05) is 30.3 Å². The molecule has 0 saturated carbocycles. The van der Waals surface area contributed by atoms with Gasteiger partial charge < -0.3 is 10.1 Å². The fourth-order valence-corrected chi connectivity index (χ4v) is 1.59. The van der Waals surface area contributed by atoms with Crippen molar-refractivity contribution in [2.75, 3.05) is 0 Å². The summed E-state index contributed by atoms with van der Waals surface area (Å²) in [7, 11) is 0. The Labute approximate surface area is 116 Å². The topological polar surface area (TPSA) is 75.0 Å². The molecule has 0 fully saturated rings. The van der Waals surface area contributed by atoms with Gasteiger partial charge in [0, 0.05) is 18.9 Å². The van der Waals surface area contributed by atoms with Gasteiger partial charge in [0.1, 0.15) is 12.7 Å². The monoisotopic (exact) mass is 267 g/mol. The van der Waals surface area contributed by atoms with Gasteiger partial charge in [0.25, 0.3) is 0 Å². The lowest BCUT2D eigenvalue weighted by Crippen LogP contribution is -2.23. The Balaban J connectivity index is 1.79. The molecule has 2 rings (SSSR count). The van der Waals surface area contributed by atoms with Crippen LogP contribution in [0.1, 0.15) is 16.7 Å². The summed E-state index contributed by atoms with van der Waals surface area (Å²) in [5, 5.41) is 11.4. The molecule has 0 atom stereocenters. The number of aromatic nitrogens is 1. The van der Waals surface area contributed by atoms with Gasteiger partial charge in [-0.3, -0.25) is 4.98 Å². The molecule has 5 heteroatoms. The molecule has 0 radical (unpaired) electrons. The van der Waals surface area contributed by atoms with E-state index in [1.807, 2.05) is 36.4 Å². The Morgan fingerprint density at radius 2 is 2.05 bits per heavy atom. The molecule has 1 aromatic carbocycles. The van der Waals surface area contributed by atoms with Crippen LogP contribution < -0.4 is 5.32 Å². The van der Waals surface area contributed by atoms with E-state index in [9.17, 15) is 4.79 Å². The van der Waals surface area contributed by atoms with E-state index in [0.29, 0.717) is 5.56 Å². The number of rotatable bonds is 4. The molecule has 5 nitrogen and oxygen atoms in total. The van der Waals surface area contributed by atoms with Gasteiger partial charge >= 0.3 is 6.09 Å². The van der Waals surface area contributed by atoms with Crippen molar-refractivity contribution in [3.8, 4) is 6.07 Å². The van der Waals surface area contributed by atoms with Gasteiger partial charge in [0.05, 0.1) is 5.56 Å². The second kappa shape index (κ2) is 6.90. The number of amides is 1. The summed E-state index contributed by atoms with van der Waals surface area (Å²) in [5.41, 5.74) is 2.14. The highest BCUT2D eigenvalue weighted by Gasteiger charge is 2.03. The number of carbonyl (C=O) groups is 1. The number of nitriles is 1. The van der Waals surface area contributed by atoms with E-state index in [-0.39, 0.29) is 13.2 Å². The maximum atomic E-state index is 11.5. The largest absolute Gasteiger partial charge is 0.445 e. The van der Waals surface area contributed by atoms with Crippen LogP contribution in [0.5, 0.6) is 0 Å². The Bertz CT molecular complexity index is 621. The minimum Gasteiger partial charge on any atom is -0.445 e. The average Bonchev–Trinajstić information content (AvgIpc) is 2.52. The fourth-order valence-electron chi connectivity index (χ4n) is 1.59. The highest BCUT2D eigenvalue weighted by molar-refractivity contribution is 5.67. The van der Waals surface area contributed by atoms with Crippen LogP contribution in [0.4, 0.5) is 4.79 Å². The first-order valence-electron chi connectivity index (χ1n) is 6.06. The quantitative estimate of drug-likeness (QED) is 0.922. The van der Waals surface area contributed by atoms with E-state index in [1.165, 1.54) is 6.20 Å². The summed E-state index contributed by atoms with van der Waals surface area (Å²) in [4.78, 5) is 15.4. The smallest absolute Gasteiger partial charge is 0.407 e. The van der Waals surface area contributed by atoms with Gasteiger partial charge in [-0.25, -0.2) is 4.79 Å². The standard InChI is InChI=1S/C15H13N3O2/c16-7-13-6-14(9-17-8-13)10-18-15(19)20-11-12-4-2-1-3-5-12/h1-6,8-9H,10-11H2,(H,18,19). The minimum atomic E-state index is -0.504. The number of carbonyl (C=O) groups excluding carboxylic acids is 1. The molecule has 0 bridgehead atoms. The second-order valence-electron chi connectivity index (χ2n) is 4.11. The lowest BCUT2D eigenvalue weighted by Gasteiger charge is -2.07. The van der Waals surface area contributed by atoms with Crippen LogP contribution in [0.25, 0.3) is 0 Å². The molecule has 1 aromatic heterocycles. The van der Waals surface area contributed by atoms with Gasteiger partial charge in [-0.15, -0.1) is 0 Å². The molecule has 20 heavy (non-hydrogen) atoms. The highest BCUT2D eigenvalue weighted by atomic mass is 16.5. The first kappa shape index (κ1) is 13.6. The minimum absolute atomic E-state index is 0.225. The summed E-state index contributed by atoms with van der Waals surface area (Å²) in [6.45, 7) is 0.499. The van der Waals surface area contributed by atoms with Crippen molar-refractivity contribution in [3.05, 3.63) is 65.5 Å². The van der Waals surface area contributed by atoms with Crippen LogP contribution in [0.2, 0.25) is 0 Å². The van der Waals surface area contributed by atoms with Gasteiger partial charge in [0.2, 0.25) is 0 Å². The highest BCUT2D eigenvalue weighted by Crippen LogP contribution is 2.02. The summed E-state index contributed by atoms with van der Waals surface area (Å²) < 4.78 is 5.07. The summed E-state index contributed by atoms with van der Waals surface area (Å²) in [5.74, 6) is 0. The zero-order chi connectivity index (χ0) is 14.2. The zero-order valence-corrected chi connectivity index (χ0v) is 10.7. The summed E-state index contributed by atoms with van der Waals surface area (Å²) in [6.07, 6.45) is 2.56. The molecule has 0 saturated heterocycles. The Morgan fingerprint density at radius 1 is 1.25 bits per heavy atom. The second-order valence-corrected chi connectivity index (χ2v) is 4.11. The van der Waals surface area contributed by atoms with E-state index in [4.69, 9.17) is 10.00 Å². The van der Waals surface area contributed by atoms with Gasteiger partial charge in [-0.05, 0) is 17.2 Å². The van der Waals surface area contributed by atoms with Crippen molar-refractivity contribution in [2.45, 2.75) is 13.2 Å². The fraction of sp³-hybridized carbons (Fsp3) is 0.133. The molecule has 0 aliphatic carbocycles. The van der Waals surface area contributed by atoms with Crippen molar-refractivity contribution in [3.63, 3.8) is 0 Å². The van der Waals surface area contributed by atoms with Crippen LogP contribution in [0, 0.1) is 11.3 Å². The van der Waals surface area contributed by atoms with E-state index < -0.39 is 6.09 Å². The molecule has 1 N–H and O–H groups in total. The molecule has 100 valence electrons. The maximum absolute atomic E-state index is 11.5. The van der Waals surface area contributed by atoms with Crippen molar-refractivity contribution >= 4 is 6.09 Å². The average molecular weight is 267 g/mol. The number of hydrogen-bond acceptors (Lipinski definition) is 4. The molecule has 2 aromatic rings. The molecule has 0 unspecified atom stereocenters. The number of nitrogens with zero attached hydrogens (tertiary/aromatic N) is 2. The molecule has 1 heterocycles. The van der Waals surface area contributed by atoms with Crippen molar-refractivity contribution < 1.29 is 9.53 Å².